The summed E-state index contributed by atoms with van der Waals surface area (Å²) in [5.74, 6) is -1.14. The Balaban J connectivity index is 1.73. The number of aromatic amines is 2. The van der Waals surface area contributed by atoms with Crippen LogP contribution in [0.4, 0.5) is 17.6 Å². The van der Waals surface area contributed by atoms with Gasteiger partial charge in [-0.1, -0.05) is 15.9 Å². The molecule has 10 heteroatoms. The number of carbonyl (C=O) groups is 1. The van der Waals surface area contributed by atoms with Crippen molar-refractivity contribution in [2.75, 3.05) is 0 Å². The molecule has 0 atom stereocenters. The summed E-state index contributed by atoms with van der Waals surface area (Å²) in [5.41, 5.74) is -0.954. The van der Waals surface area contributed by atoms with Gasteiger partial charge in [-0.3, -0.25) is 9.78 Å². The summed E-state index contributed by atoms with van der Waals surface area (Å²) in [5, 5.41) is 0. The van der Waals surface area contributed by atoms with E-state index >= 15 is 0 Å². The van der Waals surface area contributed by atoms with Crippen LogP contribution in [0, 0.1) is 5.82 Å². The molecule has 3 heterocycles. The molecule has 0 aliphatic heterocycles. The summed E-state index contributed by atoms with van der Waals surface area (Å²) in [6.07, 6.45) is -2.51. The first kappa shape index (κ1) is 18.4. The molecule has 0 saturated heterocycles. The average molecular weight is 453 g/mol. The Morgan fingerprint density at radius 1 is 1.18 bits per heavy atom. The number of ketones is 1. The van der Waals surface area contributed by atoms with Crippen molar-refractivity contribution < 1.29 is 22.4 Å². The minimum absolute atomic E-state index is 0.00407. The van der Waals surface area contributed by atoms with E-state index in [-0.39, 0.29) is 16.9 Å². The van der Waals surface area contributed by atoms with E-state index in [0.717, 1.165) is 12.3 Å². The predicted molar refractivity (Wildman–Crippen MR) is 96.2 cm³/mol. The van der Waals surface area contributed by atoms with Gasteiger partial charge < -0.3 is 9.97 Å². The molecule has 0 aliphatic rings. The highest BCUT2D eigenvalue weighted by Crippen LogP contribution is 2.32. The fourth-order valence-corrected chi connectivity index (χ4v) is 3.23. The highest BCUT2D eigenvalue weighted by atomic mass is 79.9. The highest BCUT2D eigenvalue weighted by molar-refractivity contribution is 9.10. The molecule has 28 heavy (non-hydrogen) atoms. The van der Waals surface area contributed by atoms with Crippen LogP contribution in [0.2, 0.25) is 0 Å². The quantitative estimate of drug-likeness (QED) is 0.335. The second-order valence-electron chi connectivity index (χ2n) is 5.90. The Hall–Kier alpha value is -3.01. The van der Waals surface area contributed by atoms with Crippen molar-refractivity contribution in [3.05, 3.63) is 69.8 Å². The Morgan fingerprint density at radius 3 is 2.71 bits per heavy atom. The van der Waals surface area contributed by atoms with E-state index in [9.17, 15) is 22.4 Å². The molecular formula is C18H9BrF4N4O. The van der Waals surface area contributed by atoms with Crippen LogP contribution in [0.5, 0.6) is 0 Å². The van der Waals surface area contributed by atoms with Crippen LogP contribution in [-0.4, -0.2) is 25.7 Å². The zero-order valence-corrected chi connectivity index (χ0v) is 15.3. The Bertz CT molecular complexity index is 1210. The molecule has 0 saturated carbocycles. The molecule has 0 aliphatic carbocycles. The molecule has 0 amide bonds. The minimum atomic E-state index is -4.75. The van der Waals surface area contributed by atoms with Crippen molar-refractivity contribution in [3.8, 4) is 11.5 Å². The van der Waals surface area contributed by atoms with Gasteiger partial charge in [-0.25, -0.2) is 9.37 Å². The van der Waals surface area contributed by atoms with E-state index in [4.69, 9.17) is 0 Å². The number of H-pyrrole nitrogens is 2. The summed E-state index contributed by atoms with van der Waals surface area (Å²) in [4.78, 5) is 25.7. The number of aromatic nitrogens is 4. The van der Waals surface area contributed by atoms with Crippen LogP contribution in [0.1, 0.15) is 21.6 Å². The number of hydrogen-bond acceptors (Lipinski definition) is 3. The second kappa shape index (κ2) is 6.55. The fourth-order valence-electron chi connectivity index (χ4n) is 2.80. The van der Waals surface area contributed by atoms with Gasteiger partial charge in [0.2, 0.25) is 0 Å². The van der Waals surface area contributed by atoms with Crippen LogP contribution in [-0.2, 0) is 6.18 Å². The zero-order valence-electron chi connectivity index (χ0n) is 13.7. The molecule has 4 aromatic rings. The number of halogens is 5. The van der Waals surface area contributed by atoms with Crippen LogP contribution >= 0.6 is 15.9 Å². The first-order valence-electron chi connectivity index (χ1n) is 7.84. The lowest BCUT2D eigenvalue weighted by molar-refractivity contribution is -0.141. The Labute approximate surface area is 163 Å². The van der Waals surface area contributed by atoms with E-state index in [0.29, 0.717) is 15.7 Å². The van der Waals surface area contributed by atoms with Crippen LogP contribution < -0.4 is 0 Å². The number of alkyl halides is 3. The fraction of sp³-hybridized carbons (Fsp3) is 0.0556. The molecule has 0 radical (unpaired) electrons. The van der Waals surface area contributed by atoms with Gasteiger partial charge in [-0.2, -0.15) is 13.2 Å². The minimum Gasteiger partial charge on any atom is -0.358 e. The number of imidazole rings is 1. The molecule has 5 nitrogen and oxygen atoms in total. The smallest absolute Gasteiger partial charge is 0.358 e. The third-order valence-electron chi connectivity index (χ3n) is 4.03. The summed E-state index contributed by atoms with van der Waals surface area (Å²) >= 11 is 3.18. The van der Waals surface area contributed by atoms with E-state index < -0.39 is 29.0 Å². The van der Waals surface area contributed by atoms with Crippen molar-refractivity contribution in [1.29, 1.82) is 0 Å². The van der Waals surface area contributed by atoms with Gasteiger partial charge in [0.1, 0.15) is 5.52 Å². The predicted octanol–water partition coefficient (Wildman–Crippen LogP) is 5.10. The van der Waals surface area contributed by atoms with E-state index in [1.165, 1.54) is 24.4 Å². The van der Waals surface area contributed by atoms with E-state index in [2.05, 4.69) is 35.9 Å². The Morgan fingerprint density at radius 2 is 1.96 bits per heavy atom. The topological polar surface area (TPSA) is 74.4 Å². The maximum absolute atomic E-state index is 14.0. The van der Waals surface area contributed by atoms with Gasteiger partial charge in [0, 0.05) is 22.4 Å². The maximum Gasteiger partial charge on any atom is 0.434 e. The van der Waals surface area contributed by atoms with Crippen molar-refractivity contribution >= 4 is 32.7 Å². The van der Waals surface area contributed by atoms with Gasteiger partial charge in [0.05, 0.1) is 16.8 Å². The average Bonchev–Trinajstić information content (AvgIpc) is 3.27. The molecular weight excluding hydrogens is 444 g/mol. The molecule has 0 spiro atoms. The molecule has 2 N–H and O–H groups in total. The normalized spacial score (nSPS) is 11.9. The van der Waals surface area contributed by atoms with Crippen molar-refractivity contribution in [1.82, 2.24) is 19.9 Å². The number of nitrogens with zero attached hydrogens (tertiary/aromatic N) is 2. The standard InChI is InChI=1S/C18H9BrF4N4O/c19-9-5-11(20)14-12(6-9)26-17(27-14)13-4-8(7-25-13)15(28)10-2-1-3-24-16(10)18(21,22)23/h1-7,25H,(H,26,27). The lowest BCUT2D eigenvalue weighted by Crippen LogP contribution is -2.15. The van der Waals surface area contributed by atoms with Crippen LogP contribution in [0.3, 0.4) is 0 Å². The molecule has 3 aromatic heterocycles. The zero-order chi connectivity index (χ0) is 20.1. The lowest BCUT2D eigenvalue weighted by Gasteiger charge is -2.09. The van der Waals surface area contributed by atoms with Gasteiger partial charge in [0.15, 0.2) is 23.1 Å². The second-order valence-corrected chi connectivity index (χ2v) is 6.81. The SMILES string of the molecule is O=C(c1c[nH]c(-c2nc3c(F)cc(Br)cc3[nH]2)c1)c1cccnc1C(F)(F)F. The summed E-state index contributed by atoms with van der Waals surface area (Å²) < 4.78 is 53.8. The van der Waals surface area contributed by atoms with E-state index in [1.54, 1.807) is 6.07 Å². The van der Waals surface area contributed by atoms with Gasteiger partial charge in [0.25, 0.3) is 0 Å². The van der Waals surface area contributed by atoms with Gasteiger partial charge in [-0.05, 0) is 30.3 Å². The lowest BCUT2D eigenvalue weighted by atomic mass is 10.0. The molecule has 1 aromatic carbocycles. The highest BCUT2D eigenvalue weighted by Gasteiger charge is 2.37. The van der Waals surface area contributed by atoms with Crippen LogP contribution in [0.25, 0.3) is 22.6 Å². The number of hydrogen-bond donors (Lipinski definition) is 2. The van der Waals surface area contributed by atoms with Gasteiger partial charge in [-0.15, -0.1) is 0 Å². The van der Waals surface area contributed by atoms with Gasteiger partial charge >= 0.3 is 6.18 Å². The number of benzene rings is 1. The van der Waals surface area contributed by atoms with Crippen molar-refractivity contribution in [2.45, 2.75) is 6.18 Å². The maximum atomic E-state index is 14.0. The molecule has 0 unspecified atom stereocenters. The molecule has 4 rings (SSSR count). The number of nitrogens with one attached hydrogen (secondary N) is 2. The van der Waals surface area contributed by atoms with Crippen molar-refractivity contribution in [3.63, 3.8) is 0 Å². The third kappa shape index (κ3) is 3.19. The van der Waals surface area contributed by atoms with E-state index in [1.807, 2.05) is 0 Å². The summed E-state index contributed by atoms with van der Waals surface area (Å²) in [6, 6.07) is 6.57. The summed E-state index contributed by atoms with van der Waals surface area (Å²) in [7, 11) is 0. The molecule has 0 bridgehead atoms. The number of carbonyl (C=O) groups excluding carboxylic acids is 1. The third-order valence-corrected chi connectivity index (χ3v) is 4.48. The molecule has 142 valence electrons. The number of fused-ring (bicyclic) bond motifs is 1. The monoisotopic (exact) mass is 452 g/mol. The number of rotatable bonds is 3. The first-order valence-corrected chi connectivity index (χ1v) is 8.64. The first-order chi connectivity index (χ1) is 13.2. The van der Waals surface area contributed by atoms with Crippen molar-refractivity contribution in [2.24, 2.45) is 0 Å². The number of pyridine rings is 1. The summed E-state index contributed by atoms with van der Waals surface area (Å²) in [6.45, 7) is 0. The largest absolute Gasteiger partial charge is 0.434 e. The Kier molecular flexibility index (Phi) is 4.30. The van der Waals surface area contributed by atoms with Crippen LogP contribution in [0.15, 0.2) is 47.2 Å². The molecule has 0 fully saturated rings.